The van der Waals surface area contributed by atoms with Crippen molar-refractivity contribution in [3.8, 4) is 0 Å². The van der Waals surface area contributed by atoms with E-state index in [9.17, 15) is 33.5 Å². The monoisotopic (exact) mass is 313 g/mol. The molecule has 0 aliphatic carbocycles. The highest BCUT2D eigenvalue weighted by atomic mass is 35.5. The lowest BCUT2D eigenvalue weighted by Gasteiger charge is -2.21. The number of nitro benzene ring substituents is 1. The molecule has 0 heterocycles. The van der Waals surface area contributed by atoms with Crippen LogP contribution < -0.4 is 0 Å². The molecule has 0 spiro atoms. The summed E-state index contributed by atoms with van der Waals surface area (Å²) >= 11 is 5.34. The van der Waals surface area contributed by atoms with Gasteiger partial charge in [0, 0.05) is 23.6 Å². The van der Waals surface area contributed by atoms with Crippen LogP contribution in [0, 0.1) is 10.1 Å². The molecule has 2 atom stereocenters. The zero-order valence-corrected chi connectivity index (χ0v) is 10.7. The van der Waals surface area contributed by atoms with Crippen molar-refractivity contribution >= 4 is 17.3 Å². The summed E-state index contributed by atoms with van der Waals surface area (Å²) in [6.45, 7) is 0. The van der Waals surface area contributed by atoms with Crippen molar-refractivity contribution in [2.45, 2.75) is 24.8 Å². The predicted molar refractivity (Wildman–Crippen MR) is 64.4 cm³/mol. The molecular formula is C11H11ClF3NO4. The molecule has 2 unspecified atom stereocenters. The Bertz CT molecular complexity index is 495. The third-order valence-corrected chi connectivity index (χ3v) is 2.86. The quantitative estimate of drug-likeness (QED) is 0.497. The highest BCUT2D eigenvalue weighted by molar-refractivity contribution is 6.17. The Hall–Kier alpha value is -1.38. The van der Waals surface area contributed by atoms with Crippen LogP contribution in [0.2, 0.25) is 0 Å². The summed E-state index contributed by atoms with van der Waals surface area (Å²) in [5, 5.41) is 29.8. The summed E-state index contributed by atoms with van der Waals surface area (Å²) in [6, 6.07) is 1.79. The number of hydrogen-bond acceptors (Lipinski definition) is 4. The molecule has 0 bridgehead atoms. The molecule has 1 aromatic rings. The van der Waals surface area contributed by atoms with E-state index >= 15 is 0 Å². The molecule has 20 heavy (non-hydrogen) atoms. The number of halogens is 4. The fraction of sp³-hybridized carbons (Fsp3) is 0.455. The fourth-order valence-corrected chi connectivity index (χ4v) is 1.87. The van der Waals surface area contributed by atoms with E-state index in [0.717, 1.165) is 0 Å². The zero-order valence-electron chi connectivity index (χ0n) is 9.97. The van der Waals surface area contributed by atoms with E-state index < -0.39 is 40.1 Å². The Labute approximate surface area is 116 Å². The van der Waals surface area contributed by atoms with Crippen molar-refractivity contribution in [3.63, 3.8) is 0 Å². The van der Waals surface area contributed by atoms with Gasteiger partial charge in [-0.25, -0.2) is 0 Å². The number of hydrogen-bond donors (Lipinski definition) is 2. The maximum atomic E-state index is 12.8. The molecule has 5 nitrogen and oxygen atoms in total. The Kier molecular flexibility index (Phi) is 5.32. The van der Waals surface area contributed by atoms with Crippen molar-refractivity contribution in [1.29, 1.82) is 0 Å². The molecule has 0 aliphatic rings. The standard InChI is InChI=1S/C11H11ClF3NO4/c12-4-3-9(17)10(18)7-5-6(16(19)20)1-2-8(7)11(13,14)15/h1-2,5,9-10,17-18H,3-4H2. The van der Waals surface area contributed by atoms with Crippen molar-refractivity contribution in [2.75, 3.05) is 5.88 Å². The highest BCUT2D eigenvalue weighted by Gasteiger charge is 2.37. The lowest BCUT2D eigenvalue weighted by Crippen LogP contribution is -2.22. The van der Waals surface area contributed by atoms with Gasteiger partial charge in [-0.2, -0.15) is 13.2 Å². The Morgan fingerprint density at radius 3 is 2.40 bits per heavy atom. The van der Waals surface area contributed by atoms with Crippen LogP contribution in [0.4, 0.5) is 18.9 Å². The van der Waals surface area contributed by atoms with Gasteiger partial charge in [0.15, 0.2) is 0 Å². The summed E-state index contributed by atoms with van der Waals surface area (Å²) in [7, 11) is 0. The zero-order chi connectivity index (χ0) is 15.5. The first kappa shape index (κ1) is 16.7. The smallest absolute Gasteiger partial charge is 0.390 e. The second-order valence-corrected chi connectivity index (χ2v) is 4.39. The van der Waals surface area contributed by atoms with E-state index in [1.165, 1.54) is 0 Å². The summed E-state index contributed by atoms with van der Waals surface area (Å²) in [5.41, 5.74) is -2.58. The van der Waals surface area contributed by atoms with Gasteiger partial charge >= 0.3 is 6.18 Å². The Morgan fingerprint density at radius 1 is 1.35 bits per heavy atom. The van der Waals surface area contributed by atoms with Gasteiger partial charge in [-0.05, 0) is 12.5 Å². The molecule has 0 fully saturated rings. The van der Waals surface area contributed by atoms with E-state index in [-0.39, 0.29) is 12.3 Å². The molecule has 0 saturated heterocycles. The number of nitro groups is 1. The average molecular weight is 314 g/mol. The van der Waals surface area contributed by atoms with E-state index in [0.29, 0.717) is 18.2 Å². The minimum Gasteiger partial charge on any atom is -0.390 e. The molecule has 0 aliphatic heterocycles. The topological polar surface area (TPSA) is 83.6 Å². The predicted octanol–water partition coefficient (Wildman–Crippen LogP) is 2.64. The first-order chi connectivity index (χ1) is 9.18. The van der Waals surface area contributed by atoms with Crippen LogP contribution in [0.25, 0.3) is 0 Å². The third-order valence-electron chi connectivity index (χ3n) is 2.64. The SMILES string of the molecule is O=[N+]([O-])c1ccc(C(F)(F)F)c(C(O)C(O)CCCl)c1. The van der Waals surface area contributed by atoms with Gasteiger partial charge in [0.2, 0.25) is 0 Å². The van der Waals surface area contributed by atoms with E-state index in [1.807, 2.05) is 0 Å². The van der Waals surface area contributed by atoms with Gasteiger partial charge in [-0.1, -0.05) is 0 Å². The first-order valence-electron chi connectivity index (χ1n) is 5.46. The maximum Gasteiger partial charge on any atom is 0.416 e. The minimum atomic E-state index is -4.80. The molecule has 112 valence electrons. The lowest BCUT2D eigenvalue weighted by atomic mass is 9.96. The Balaban J connectivity index is 3.31. The van der Waals surface area contributed by atoms with Crippen LogP contribution in [-0.2, 0) is 6.18 Å². The van der Waals surface area contributed by atoms with Crippen molar-refractivity contribution < 1.29 is 28.3 Å². The van der Waals surface area contributed by atoms with Crippen LogP contribution in [0.15, 0.2) is 18.2 Å². The Morgan fingerprint density at radius 2 is 1.95 bits per heavy atom. The maximum absolute atomic E-state index is 12.8. The van der Waals surface area contributed by atoms with Crippen molar-refractivity contribution in [1.82, 2.24) is 0 Å². The average Bonchev–Trinajstić information content (AvgIpc) is 2.36. The second-order valence-electron chi connectivity index (χ2n) is 4.02. The molecule has 9 heteroatoms. The lowest BCUT2D eigenvalue weighted by molar-refractivity contribution is -0.385. The molecule has 1 rings (SSSR count). The number of aliphatic hydroxyl groups is 2. The van der Waals surface area contributed by atoms with Gasteiger partial charge in [-0.3, -0.25) is 10.1 Å². The molecule has 0 aromatic heterocycles. The summed E-state index contributed by atoms with van der Waals surface area (Å²) in [4.78, 5) is 9.71. The van der Waals surface area contributed by atoms with Crippen LogP contribution in [0.5, 0.6) is 0 Å². The van der Waals surface area contributed by atoms with Crippen molar-refractivity contribution in [3.05, 3.63) is 39.4 Å². The number of benzene rings is 1. The fourth-order valence-electron chi connectivity index (χ4n) is 1.64. The van der Waals surface area contributed by atoms with Crippen molar-refractivity contribution in [2.24, 2.45) is 0 Å². The second kappa shape index (κ2) is 6.38. The van der Waals surface area contributed by atoms with Crippen LogP contribution in [0.1, 0.15) is 23.7 Å². The van der Waals surface area contributed by atoms with Crippen LogP contribution in [-0.4, -0.2) is 27.1 Å². The highest BCUT2D eigenvalue weighted by Crippen LogP contribution is 2.37. The van der Waals surface area contributed by atoms with Crippen LogP contribution >= 0.6 is 11.6 Å². The van der Waals surface area contributed by atoms with E-state index in [4.69, 9.17) is 11.6 Å². The molecule has 0 radical (unpaired) electrons. The number of non-ortho nitro benzene ring substituents is 1. The van der Waals surface area contributed by atoms with E-state index in [2.05, 4.69) is 0 Å². The normalized spacial score (nSPS) is 14.9. The molecular weight excluding hydrogens is 303 g/mol. The van der Waals surface area contributed by atoms with Gasteiger partial charge in [0.05, 0.1) is 16.6 Å². The third kappa shape index (κ3) is 3.81. The summed E-state index contributed by atoms with van der Waals surface area (Å²) < 4.78 is 38.4. The summed E-state index contributed by atoms with van der Waals surface area (Å²) in [5.74, 6) is -0.0749. The number of nitrogens with zero attached hydrogens (tertiary/aromatic N) is 1. The van der Waals surface area contributed by atoms with Gasteiger partial charge in [-0.15, -0.1) is 11.6 Å². The minimum absolute atomic E-state index is 0.0749. The number of aliphatic hydroxyl groups excluding tert-OH is 2. The molecule has 2 N–H and O–H groups in total. The molecule has 1 aromatic carbocycles. The van der Waals surface area contributed by atoms with Gasteiger partial charge in [0.1, 0.15) is 6.10 Å². The molecule has 0 amide bonds. The number of alkyl halides is 4. The molecule has 0 saturated carbocycles. The van der Waals surface area contributed by atoms with Crippen LogP contribution in [0.3, 0.4) is 0 Å². The van der Waals surface area contributed by atoms with Gasteiger partial charge < -0.3 is 10.2 Å². The largest absolute Gasteiger partial charge is 0.416 e. The first-order valence-corrected chi connectivity index (χ1v) is 5.99. The summed E-state index contributed by atoms with van der Waals surface area (Å²) in [6.07, 6.45) is -8.41. The number of rotatable bonds is 5. The van der Waals surface area contributed by atoms with Gasteiger partial charge in [0.25, 0.3) is 5.69 Å². The van der Waals surface area contributed by atoms with E-state index in [1.54, 1.807) is 0 Å².